The van der Waals surface area contributed by atoms with Crippen LogP contribution in [0.15, 0.2) is 48.7 Å². The first-order valence-electron chi connectivity index (χ1n) is 10.4. The lowest BCUT2D eigenvalue weighted by Crippen LogP contribution is -2.30. The minimum Gasteiger partial charge on any atom is -0.467 e. The number of benzene rings is 2. The van der Waals surface area contributed by atoms with Crippen molar-refractivity contribution >= 4 is 17.7 Å². The fourth-order valence-electron chi connectivity index (χ4n) is 3.44. The number of nitrogens with zero attached hydrogens (tertiary/aromatic N) is 2. The van der Waals surface area contributed by atoms with Crippen LogP contribution in [0.4, 0.5) is 14.9 Å². The molecule has 2 aromatic carbocycles. The van der Waals surface area contributed by atoms with Crippen molar-refractivity contribution in [3.05, 3.63) is 71.3 Å². The SMILES string of the molecule is CCOC(=O)c1ccn(-c2cccc(NC(=O)NCCc3cc(F)cc4c3OCOC4)c2)n1. The maximum absolute atomic E-state index is 13.8. The fraction of sp³-hybridized carbons (Fsp3) is 0.261. The number of rotatable bonds is 7. The summed E-state index contributed by atoms with van der Waals surface area (Å²) >= 11 is 0. The molecule has 2 N–H and O–H groups in total. The summed E-state index contributed by atoms with van der Waals surface area (Å²) in [5.74, 6) is -0.259. The third-order valence-electron chi connectivity index (χ3n) is 4.87. The normalized spacial score (nSPS) is 12.4. The zero-order valence-corrected chi connectivity index (χ0v) is 18.0. The van der Waals surface area contributed by atoms with Crippen LogP contribution >= 0.6 is 0 Å². The number of hydrogen-bond acceptors (Lipinski definition) is 6. The van der Waals surface area contributed by atoms with Crippen LogP contribution in [0.2, 0.25) is 0 Å². The van der Waals surface area contributed by atoms with Crippen LogP contribution < -0.4 is 15.4 Å². The number of hydrogen-bond donors (Lipinski definition) is 2. The van der Waals surface area contributed by atoms with E-state index in [2.05, 4.69) is 15.7 Å². The first-order chi connectivity index (χ1) is 16.0. The van der Waals surface area contributed by atoms with Gasteiger partial charge >= 0.3 is 12.0 Å². The second-order valence-corrected chi connectivity index (χ2v) is 7.21. The first kappa shape index (κ1) is 22.3. The third kappa shape index (κ3) is 5.47. The minimum absolute atomic E-state index is 0.118. The van der Waals surface area contributed by atoms with Gasteiger partial charge in [-0.2, -0.15) is 5.10 Å². The molecule has 0 spiro atoms. The lowest BCUT2D eigenvalue weighted by atomic mass is 10.1. The van der Waals surface area contributed by atoms with E-state index in [-0.39, 0.29) is 31.5 Å². The van der Waals surface area contributed by atoms with Crippen LogP contribution in [-0.2, 0) is 22.5 Å². The van der Waals surface area contributed by atoms with Crippen molar-refractivity contribution in [2.45, 2.75) is 20.0 Å². The van der Waals surface area contributed by atoms with Gasteiger partial charge in [0.2, 0.25) is 0 Å². The number of aromatic nitrogens is 2. The summed E-state index contributed by atoms with van der Waals surface area (Å²) in [6.45, 7) is 2.69. The Morgan fingerprint density at radius 2 is 2.12 bits per heavy atom. The highest BCUT2D eigenvalue weighted by molar-refractivity contribution is 5.89. The maximum Gasteiger partial charge on any atom is 0.358 e. The molecular formula is C23H23FN4O5. The van der Waals surface area contributed by atoms with E-state index in [1.807, 2.05) is 0 Å². The van der Waals surface area contributed by atoms with Crippen molar-refractivity contribution in [1.29, 1.82) is 0 Å². The maximum atomic E-state index is 13.8. The van der Waals surface area contributed by atoms with Crippen LogP contribution in [0.3, 0.4) is 0 Å². The fourth-order valence-corrected chi connectivity index (χ4v) is 3.44. The summed E-state index contributed by atoms with van der Waals surface area (Å²) in [6, 6.07) is 11.0. The van der Waals surface area contributed by atoms with Crippen molar-refractivity contribution in [1.82, 2.24) is 15.1 Å². The summed E-state index contributed by atoms with van der Waals surface area (Å²) in [4.78, 5) is 24.1. The van der Waals surface area contributed by atoms with Crippen LogP contribution in [0, 0.1) is 5.82 Å². The summed E-state index contributed by atoms with van der Waals surface area (Å²) in [5.41, 5.74) is 2.73. The smallest absolute Gasteiger partial charge is 0.358 e. The summed E-state index contributed by atoms with van der Waals surface area (Å²) in [6.07, 6.45) is 2.04. The highest BCUT2D eigenvalue weighted by atomic mass is 19.1. The number of fused-ring (bicyclic) bond motifs is 1. The van der Waals surface area contributed by atoms with Crippen molar-refractivity contribution in [3.8, 4) is 11.4 Å². The topological polar surface area (TPSA) is 104 Å². The number of carbonyl (C=O) groups is 2. The predicted molar refractivity (Wildman–Crippen MR) is 117 cm³/mol. The molecule has 0 saturated carbocycles. The van der Waals surface area contributed by atoms with Gasteiger partial charge in [-0.05, 0) is 55.3 Å². The number of halogens is 1. The molecule has 2 heterocycles. The minimum atomic E-state index is -0.498. The van der Waals surface area contributed by atoms with Gasteiger partial charge < -0.3 is 24.8 Å². The molecule has 172 valence electrons. The van der Waals surface area contributed by atoms with Crippen LogP contribution in [0.1, 0.15) is 28.5 Å². The van der Waals surface area contributed by atoms with E-state index in [0.717, 1.165) is 0 Å². The second-order valence-electron chi connectivity index (χ2n) is 7.21. The van der Waals surface area contributed by atoms with E-state index >= 15 is 0 Å². The third-order valence-corrected chi connectivity index (χ3v) is 4.87. The van der Waals surface area contributed by atoms with Crippen molar-refractivity contribution in [2.24, 2.45) is 0 Å². The number of urea groups is 1. The average Bonchev–Trinajstić information content (AvgIpc) is 3.30. The summed E-state index contributed by atoms with van der Waals surface area (Å²) < 4.78 is 31.0. The molecule has 0 aliphatic carbocycles. The molecule has 1 aliphatic heterocycles. The molecule has 0 saturated heterocycles. The molecule has 3 aromatic rings. The van der Waals surface area contributed by atoms with Gasteiger partial charge in [-0.3, -0.25) is 0 Å². The Morgan fingerprint density at radius 3 is 2.97 bits per heavy atom. The molecule has 0 fully saturated rings. The van der Waals surface area contributed by atoms with Gasteiger partial charge in [-0.25, -0.2) is 18.7 Å². The quantitative estimate of drug-likeness (QED) is 0.531. The molecule has 33 heavy (non-hydrogen) atoms. The first-order valence-corrected chi connectivity index (χ1v) is 10.4. The van der Waals surface area contributed by atoms with Gasteiger partial charge in [0.05, 0.1) is 18.9 Å². The van der Waals surface area contributed by atoms with E-state index in [4.69, 9.17) is 14.2 Å². The molecule has 0 unspecified atom stereocenters. The van der Waals surface area contributed by atoms with Gasteiger partial charge in [-0.15, -0.1) is 0 Å². The number of nitrogens with one attached hydrogen (secondary N) is 2. The number of ether oxygens (including phenoxy) is 3. The molecule has 1 aromatic heterocycles. The van der Waals surface area contributed by atoms with E-state index in [1.165, 1.54) is 16.8 Å². The van der Waals surface area contributed by atoms with Gasteiger partial charge in [-0.1, -0.05) is 6.07 Å². The summed E-state index contributed by atoms with van der Waals surface area (Å²) in [5, 5.41) is 9.72. The standard InChI is InChI=1S/C23H23FN4O5/c1-2-32-22(29)20-7-9-28(27-20)19-5-3-4-18(12-19)26-23(30)25-8-6-15-10-17(24)11-16-13-31-14-33-21(15)16/h3-5,7,9-12H,2,6,8,13-14H2,1H3,(H2,25,26,30). The van der Waals surface area contributed by atoms with E-state index in [1.54, 1.807) is 43.5 Å². The second kappa shape index (κ2) is 10.1. The molecule has 0 atom stereocenters. The van der Waals surface area contributed by atoms with Gasteiger partial charge in [0, 0.05) is 24.0 Å². The number of amides is 2. The lowest BCUT2D eigenvalue weighted by molar-refractivity contribution is -0.0172. The molecule has 0 radical (unpaired) electrons. The summed E-state index contributed by atoms with van der Waals surface area (Å²) in [7, 11) is 0. The zero-order valence-electron chi connectivity index (χ0n) is 18.0. The van der Waals surface area contributed by atoms with Crippen molar-refractivity contribution in [3.63, 3.8) is 0 Å². The van der Waals surface area contributed by atoms with E-state index in [9.17, 15) is 14.0 Å². The molecule has 4 rings (SSSR count). The van der Waals surface area contributed by atoms with Crippen molar-refractivity contribution < 1.29 is 28.2 Å². The van der Waals surface area contributed by atoms with Gasteiger partial charge in [0.15, 0.2) is 12.5 Å². The molecule has 1 aliphatic rings. The Bertz CT molecular complexity index is 1160. The Kier molecular flexibility index (Phi) is 6.84. The molecule has 10 heteroatoms. The number of carbonyl (C=O) groups excluding carboxylic acids is 2. The average molecular weight is 454 g/mol. The highest BCUT2D eigenvalue weighted by Gasteiger charge is 2.17. The van der Waals surface area contributed by atoms with Gasteiger partial charge in [0.25, 0.3) is 0 Å². The van der Waals surface area contributed by atoms with Crippen LogP contribution in [-0.4, -0.2) is 41.7 Å². The molecule has 2 amide bonds. The Balaban J connectivity index is 1.34. The van der Waals surface area contributed by atoms with Crippen LogP contribution in [0.5, 0.6) is 5.75 Å². The molecule has 9 nitrogen and oxygen atoms in total. The Labute approximate surface area is 189 Å². The van der Waals surface area contributed by atoms with Crippen LogP contribution in [0.25, 0.3) is 5.69 Å². The Hall–Kier alpha value is -3.92. The highest BCUT2D eigenvalue weighted by Crippen LogP contribution is 2.29. The molecule has 0 bridgehead atoms. The van der Waals surface area contributed by atoms with E-state index in [0.29, 0.717) is 41.3 Å². The largest absolute Gasteiger partial charge is 0.467 e. The Morgan fingerprint density at radius 1 is 1.24 bits per heavy atom. The predicted octanol–water partition coefficient (Wildman–Crippen LogP) is 3.42. The molecular weight excluding hydrogens is 431 g/mol. The zero-order chi connectivity index (χ0) is 23.2. The van der Waals surface area contributed by atoms with E-state index < -0.39 is 12.0 Å². The number of esters is 1. The monoisotopic (exact) mass is 454 g/mol. The number of anilines is 1. The lowest BCUT2D eigenvalue weighted by Gasteiger charge is -2.21. The van der Waals surface area contributed by atoms with Gasteiger partial charge in [0.1, 0.15) is 11.6 Å². The van der Waals surface area contributed by atoms with Crippen molar-refractivity contribution in [2.75, 3.05) is 25.3 Å².